The number of nitrogen functional groups attached to an aromatic ring is 1. The molecule has 0 aliphatic heterocycles. The van der Waals surface area contributed by atoms with Gasteiger partial charge in [0.15, 0.2) is 0 Å². The van der Waals surface area contributed by atoms with E-state index in [1.165, 1.54) is 76.2 Å². The first-order chi connectivity index (χ1) is 13.2. The molecule has 2 rings (SSSR count). The van der Waals surface area contributed by atoms with Crippen molar-refractivity contribution >= 4 is 11.7 Å². The standard InChI is InChI=1S/C24H39NO2/c1-2-3-4-5-6-7-8-12-17-27-24(26)22-16-15-21(23(25)19-22)18-20-13-10-9-11-14-20/h15-16,19-20H,2-14,17-18,25H2,1H3. The number of nitrogens with two attached hydrogens (primary N) is 1. The van der Waals surface area contributed by atoms with Crippen LogP contribution in [0.2, 0.25) is 0 Å². The summed E-state index contributed by atoms with van der Waals surface area (Å²) in [6.45, 7) is 2.75. The maximum Gasteiger partial charge on any atom is 0.338 e. The van der Waals surface area contributed by atoms with Crippen LogP contribution in [0, 0.1) is 5.92 Å². The molecule has 0 radical (unpaired) electrons. The fourth-order valence-corrected chi connectivity index (χ4v) is 4.09. The predicted molar refractivity (Wildman–Crippen MR) is 114 cm³/mol. The van der Waals surface area contributed by atoms with Gasteiger partial charge in [-0.2, -0.15) is 0 Å². The zero-order chi connectivity index (χ0) is 19.3. The molecule has 0 heterocycles. The third kappa shape index (κ3) is 8.36. The van der Waals surface area contributed by atoms with Crippen molar-refractivity contribution in [1.82, 2.24) is 0 Å². The zero-order valence-corrected chi connectivity index (χ0v) is 17.3. The van der Waals surface area contributed by atoms with E-state index < -0.39 is 0 Å². The summed E-state index contributed by atoms with van der Waals surface area (Å²) in [6.07, 6.45) is 17.7. The second-order valence-electron chi connectivity index (χ2n) is 8.23. The highest BCUT2D eigenvalue weighted by Crippen LogP contribution is 2.29. The molecule has 0 atom stereocenters. The smallest absolute Gasteiger partial charge is 0.338 e. The van der Waals surface area contributed by atoms with Crippen LogP contribution >= 0.6 is 0 Å². The van der Waals surface area contributed by atoms with Crippen LogP contribution in [0.3, 0.4) is 0 Å². The first-order valence-corrected chi connectivity index (χ1v) is 11.3. The van der Waals surface area contributed by atoms with Gasteiger partial charge < -0.3 is 10.5 Å². The van der Waals surface area contributed by atoms with Gasteiger partial charge in [-0.15, -0.1) is 0 Å². The van der Waals surface area contributed by atoms with Gasteiger partial charge in [0.25, 0.3) is 0 Å². The Labute approximate surface area is 166 Å². The molecule has 1 aliphatic rings. The van der Waals surface area contributed by atoms with E-state index in [1.54, 1.807) is 6.07 Å². The monoisotopic (exact) mass is 373 g/mol. The molecule has 1 fully saturated rings. The minimum absolute atomic E-state index is 0.242. The van der Waals surface area contributed by atoms with E-state index in [0.717, 1.165) is 30.9 Å². The Hall–Kier alpha value is -1.51. The van der Waals surface area contributed by atoms with Crippen LogP contribution in [0.25, 0.3) is 0 Å². The Kier molecular flexibility index (Phi) is 10.3. The second-order valence-corrected chi connectivity index (χ2v) is 8.23. The predicted octanol–water partition coefficient (Wildman–Crippen LogP) is 6.69. The van der Waals surface area contributed by atoms with E-state index in [1.807, 2.05) is 12.1 Å². The molecule has 0 aromatic heterocycles. The minimum atomic E-state index is -0.242. The normalized spacial score (nSPS) is 15.0. The van der Waals surface area contributed by atoms with Crippen molar-refractivity contribution in [3.63, 3.8) is 0 Å². The van der Waals surface area contributed by atoms with Crippen LogP contribution in [0.1, 0.15) is 106 Å². The molecule has 3 nitrogen and oxygen atoms in total. The van der Waals surface area contributed by atoms with Crippen LogP contribution < -0.4 is 5.73 Å². The molecule has 0 spiro atoms. The highest BCUT2D eigenvalue weighted by atomic mass is 16.5. The summed E-state index contributed by atoms with van der Waals surface area (Å²) in [5.41, 5.74) is 8.72. The Balaban J connectivity index is 1.65. The van der Waals surface area contributed by atoms with Gasteiger partial charge in [0.2, 0.25) is 0 Å². The number of hydrogen-bond donors (Lipinski definition) is 1. The fraction of sp³-hybridized carbons (Fsp3) is 0.708. The van der Waals surface area contributed by atoms with E-state index in [0.29, 0.717) is 12.2 Å². The maximum atomic E-state index is 12.2. The number of benzene rings is 1. The van der Waals surface area contributed by atoms with E-state index in [-0.39, 0.29) is 5.97 Å². The highest BCUT2D eigenvalue weighted by molar-refractivity contribution is 5.90. The molecule has 2 N–H and O–H groups in total. The third-order valence-corrected chi connectivity index (χ3v) is 5.85. The number of ether oxygens (including phenoxy) is 1. The largest absolute Gasteiger partial charge is 0.462 e. The van der Waals surface area contributed by atoms with E-state index in [4.69, 9.17) is 10.5 Å². The van der Waals surface area contributed by atoms with E-state index in [9.17, 15) is 4.79 Å². The summed E-state index contributed by atoms with van der Waals surface area (Å²) in [6, 6.07) is 5.70. The van der Waals surface area contributed by atoms with Gasteiger partial charge in [-0.1, -0.05) is 90.0 Å². The molecule has 0 saturated heterocycles. The molecule has 1 aromatic rings. The molecule has 1 aromatic carbocycles. The van der Waals surface area contributed by atoms with Crippen molar-refractivity contribution in [3.05, 3.63) is 29.3 Å². The van der Waals surface area contributed by atoms with Crippen LogP contribution in [0.5, 0.6) is 0 Å². The SMILES string of the molecule is CCCCCCCCCCOC(=O)c1ccc(CC2CCCCC2)c(N)c1. The van der Waals surface area contributed by atoms with Gasteiger partial charge in [0, 0.05) is 5.69 Å². The Morgan fingerprint density at radius 3 is 2.33 bits per heavy atom. The Morgan fingerprint density at radius 1 is 1.00 bits per heavy atom. The number of unbranched alkanes of at least 4 members (excludes halogenated alkanes) is 7. The first kappa shape index (κ1) is 21.8. The summed E-state index contributed by atoms with van der Waals surface area (Å²) < 4.78 is 5.42. The molecule has 1 aliphatic carbocycles. The number of anilines is 1. The Morgan fingerprint density at radius 2 is 1.67 bits per heavy atom. The number of hydrogen-bond acceptors (Lipinski definition) is 3. The van der Waals surface area contributed by atoms with Gasteiger partial charge in [0.05, 0.1) is 12.2 Å². The summed E-state index contributed by atoms with van der Waals surface area (Å²) in [5, 5.41) is 0. The molecule has 0 unspecified atom stereocenters. The van der Waals surface area contributed by atoms with Gasteiger partial charge in [-0.05, 0) is 36.5 Å². The van der Waals surface area contributed by atoms with Crippen LogP contribution in [-0.2, 0) is 11.2 Å². The van der Waals surface area contributed by atoms with Crippen molar-refractivity contribution in [1.29, 1.82) is 0 Å². The van der Waals surface area contributed by atoms with Crippen LogP contribution in [0.15, 0.2) is 18.2 Å². The second kappa shape index (κ2) is 12.8. The number of rotatable bonds is 12. The zero-order valence-electron chi connectivity index (χ0n) is 17.3. The lowest BCUT2D eigenvalue weighted by molar-refractivity contribution is 0.0497. The fourth-order valence-electron chi connectivity index (χ4n) is 4.09. The average Bonchev–Trinajstić information content (AvgIpc) is 2.69. The van der Waals surface area contributed by atoms with Crippen molar-refractivity contribution < 1.29 is 9.53 Å². The summed E-state index contributed by atoms with van der Waals surface area (Å²) >= 11 is 0. The van der Waals surface area contributed by atoms with Gasteiger partial charge in [0.1, 0.15) is 0 Å². The summed E-state index contributed by atoms with van der Waals surface area (Å²) in [4.78, 5) is 12.2. The number of esters is 1. The molecule has 152 valence electrons. The van der Waals surface area contributed by atoms with Crippen molar-refractivity contribution in [3.8, 4) is 0 Å². The topological polar surface area (TPSA) is 52.3 Å². The van der Waals surface area contributed by atoms with Crippen molar-refractivity contribution in [2.24, 2.45) is 5.92 Å². The molecular formula is C24H39NO2. The van der Waals surface area contributed by atoms with Gasteiger partial charge in [-0.25, -0.2) is 4.79 Å². The Bertz CT molecular complexity index is 549. The first-order valence-electron chi connectivity index (χ1n) is 11.3. The van der Waals surface area contributed by atoms with E-state index >= 15 is 0 Å². The number of carbonyl (C=O) groups excluding carboxylic acids is 1. The lowest BCUT2D eigenvalue weighted by atomic mass is 9.84. The quantitative estimate of drug-likeness (QED) is 0.252. The average molecular weight is 374 g/mol. The molecule has 27 heavy (non-hydrogen) atoms. The third-order valence-electron chi connectivity index (χ3n) is 5.85. The summed E-state index contributed by atoms with van der Waals surface area (Å²) in [7, 11) is 0. The molecular weight excluding hydrogens is 334 g/mol. The molecule has 0 bridgehead atoms. The van der Waals surface area contributed by atoms with Gasteiger partial charge >= 0.3 is 5.97 Å². The maximum absolute atomic E-state index is 12.2. The lowest BCUT2D eigenvalue weighted by Crippen LogP contribution is -2.12. The minimum Gasteiger partial charge on any atom is -0.462 e. The van der Waals surface area contributed by atoms with Crippen LogP contribution in [-0.4, -0.2) is 12.6 Å². The molecule has 3 heteroatoms. The number of carbonyl (C=O) groups is 1. The van der Waals surface area contributed by atoms with Crippen molar-refractivity contribution in [2.45, 2.75) is 96.8 Å². The van der Waals surface area contributed by atoms with E-state index in [2.05, 4.69) is 6.92 Å². The molecule has 0 amide bonds. The highest BCUT2D eigenvalue weighted by Gasteiger charge is 2.16. The lowest BCUT2D eigenvalue weighted by Gasteiger charge is -2.22. The summed E-state index contributed by atoms with van der Waals surface area (Å²) in [5.74, 6) is 0.509. The van der Waals surface area contributed by atoms with Crippen molar-refractivity contribution in [2.75, 3.05) is 12.3 Å². The van der Waals surface area contributed by atoms with Crippen LogP contribution in [0.4, 0.5) is 5.69 Å². The van der Waals surface area contributed by atoms with Gasteiger partial charge in [-0.3, -0.25) is 0 Å². The molecule has 1 saturated carbocycles.